The minimum absolute atomic E-state index is 0.0126. The van der Waals surface area contributed by atoms with Gasteiger partial charge in [-0.1, -0.05) is 0 Å². The SMILES string of the molecule is O=C(NC(F)C(F)F)c1c[nH]c2ncc(F)cc2c1=O. The predicted molar refractivity (Wildman–Crippen MR) is 60.7 cm³/mol. The van der Waals surface area contributed by atoms with E-state index in [1.165, 1.54) is 5.32 Å². The lowest BCUT2D eigenvalue weighted by molar-refractivity contribution is 0.0286. The van der Waals surface area contributed by atoms with Crippen LogP contribution >= 0.6 is 0 Å². The Morgan fingerprint density at radius 2 is 2.05 bits per heavy atom. The summed E-state index contributed by atoms with van der Waals surface area (Å²) in [5.41, 5.74) is -1.54. The molecule has 5 nitrogen and oxygen atoms in total. The Morgan fingerprint density at radius 1 is 1.35 bits per heavy atom. The van der Waals surface area contributed by atoms with Crippen molar-refractivity contribution in [2.45, 2.75) is 12.7 Å². The summed E-state index contributed by atoms with van der Waals surface area (Å²) >= 11 is 0. The number of nitrogens with one attached hydrogen (secondary N) is 2. The van der Waals surface area contributed by atoms with Gasteiger partial charge in [-0.3, -0.25) is 9.59 Å². The molecule has 0 aromatic carbocycles. The third-order valence-corrected chi connectivity index (χ3v) is 2.43. The van der Waals surface area contributed by atoms with E-state index in [0.29, 0.717) is 0 Å². The van der Waals surface area contributed by atoms with Crippen molar-refractivity contribution in [1.82, 2.24) is 15.3 Å². The number of aromatic nitrogens is 2. The standard InChI is InChI=1S/C11H7F4N3O2/c12-4-1-5-7(19)6(3-17-10(5)16-2-4)11(20)18-9(15)8(13)14/h1-3,8-9H,(H,18,20)(H,16,17,19). The summed E-state index contributed by atoms with van der Waals surface area (Å²) < 4.78 is 49.6. The molecule has 0 saturated carbocycles. The van der Waals surface area contributed by atoms with Crippen molar-refractivity contribution in [3.8, 4) is 0 Å². The Balaban J connectivity index is 2.43. The molecule has 20 heavy (non-hydrogen) atoms. The zero-order valence-corrected chi connectivity index (χ0v) is 9.66. The van der Waals surface area contributed by atoms with Gasteiger partial charge in [0.15, 0.2) is 0 Å². The molecule has 1 unspecified atom stereocenters. The molecular formula is C11H7F4N3O2. The minimum Gasteiger partial charge on any atom is -0.345 e. The van der Waals surface area contributed by atoms with Crippen LogP contribution in [0.15, 0.2) is 23.3 Å². The highest BCUT2D eigenvalue weighted by Crippen LogP contribution is 2.08. The van der Waals surface area contributed by atoms with E-state index in [1.54, 1.807) is 0 Å². The molecule has 2 heterocycles. The second-order valence-corrected chi connectivity index (χ2v) is 3.79. The van der Waals surface area contributed by atoms with Gasteiger partial charge in [0.1, 0.15) is 17.0 Å². The summed E-state index contributed by atoms with van der Waals surface area (Å²) in [6.07, 6.45) is -4.57. The molecule has 0 aliphatic carbocycles. The van der Waals surface area contributed by atoms with Gasteiger partial charge in [0.05, 0.1) is 11.6 Å². The Hall–Kier alpha value is -2.45. The van der Waals surface area contributed by atoms with Gasteiger partial charge in [0, 0.05) is 6.20 Å². The highest BCUT2D eigenvalue weighted by Gasteiger charge is 2.23. The van der Waals surface area contributed by atoms with E-state index in [2.05, 4.69) is 9.97 Å². The fraction of sp³-hybridized carbons (Fsp3) is 0.182. The number of carbonyl (C=O) groups is 1. The van der Waals surface area contributed by atoms with Gasteiger partial charge >= 0.3 is 0 Å². The molecule has 0 radical (unpaired) electrons. The molecule has 2 rings (SSSR count). The number of rotatable bonds is 3. The first-order valence-corrected chi connectivity index (χ1v) is 5.30. The minimum atomic E-state index is -3.42. The molecule has 0 saturated heterocycles. The zero-order chi connectivity index (χ0) is 14.9. The van der Waals surface area contributed by atoms with E-state index >= 15 is 0 Å². The summed E-state index contributed by atoms with van der Waals surface area (Å²) in [7, 11) is 0. The van der Waals surface area contributed by atoms with Crippen LogP contribution in [0.4, 0.5) is 17.6 Å². The lowest BCUT2D eigenvalue weighted by Gasteiger charge is -2.09. The second kappa shape index (κ2) is 5.27. The van der Waals surface area contributed by atoms with Crippen LogP contribution in [0.1, 0.15) is 10.4 Å². The Morgan fingerprint density at radius 3 is 2.70 bits per heavy atom. The molecule has 2 aromatic heterocycles. The van der Waals surface area contributed by atoms with Crippen molar-refractivity contribution in [3.05, 3.63) is 40.1 Å². The normalized spacial score (nSPS) is 12.7. The quantitative estimate of drug-likeness (QED) is 0.661. The molecule has 1 atom stereocenters. The number of fused-ring (bicyclic) bond motifs is 1. The first-order valence-electron chi connectivity index (χ1n) is 5.30. The number of carbonyl (C=O) groups excluding carboxylic acids is 1. The van der Waals surface area contributed by atoms with Crippen molar-refractivity contribution in [1.29, 1.82) is 0 Å². The van der Waals surface area contributed by atoms with Crippen LogP contribution < -0.4 is 10.7 Å². The average molecular weight is 289 g/mol. The number of alkyl halides is 3. The summed E-state index contributed by atoms with van der Waals surface area (Å²) in [4.78, 5) is 29.4. The third-order valence-electron chi connectivity index (χ3n) is 2.43. The maximum Gasteiger partial charge on any atom is 0.287 e. The Bertz CT molecular complexity index is 716. The molecule has 0 spiro atoms. The lowest BCUT2D eigenvalue weighted by Crippen LogP contribution is -2.38. The molecule has 2 aromatic rings. The monoisotopic (exact) mass is 289 g/mol. The largest absolute Gasteiger partial charge is 0.345 e. The van der Waals surface area contributed by atoms with Crippen LogP contribution in [0.3, 0.4) is 0 Å². The van der Waals surface area contributed by atoms with E-state index in [4.69, 9.17) is 0 Å². The number of pyridine rings is 2. The molecule has 0 bridgehead atoms. The number of amides is 1. The topological polar surface area (TPSA) is 74.8 Å². The van der Waals surface area contributed by atoms with Crippen LogP contribution in [0.2, 0.25) is 0 Å². The third kappa shape index (κ3) is 2.60. The molecule has 0 fully saturated rings. The van der Waals surface area contributed by atoms with Crippen molar-refractivity contribution < 1.29 is 22.4 Å². The van der Waals surface area contributed by atoms with E-state index < -0.39 is 35.4 Å². The van der Waals surface area contributed by atoms with Gasteiger partial charge in [-0.15, -0.1) is 0 Å². The van der Waals surface area contributed by atoms with Gasteiger partial charge in [0.2, 0.25) is 11.7 Å². The van der Waals surface area contributed by atoms with Crippen LogP contribution in [0, 0.1) is 5.82 Å². The van der Waals surface area contributed by atoms with Gasteiger partial charge in [0.25, 0.3) is 12.3 Å². The number of hydrogen-bond acceptors (Lipinski definition) is 3. The number of aromatic amines is 1. The molecule has 0 aliphatic heterocycles. The first-order chi connectivity index (χ1) is 9.40. The molecule has 2 N–H and O–H groups in total. The fourth-order valence-corrected chi connectivity index (χ4v) is 1.51. The van der Waals surface area contributed by atoms with Gasteiger partial charge in [-0.05, 0) is 6.07 Å². The number of H-pyrrole nitrogens is 1. The van der Waals surface area contributed by atoms with Crippen LogP contribution in [-0.2, 0) is 0 Å². The molecule has 106 valence electrons. The van der Waals surface area contributed by atoms with E-state index in [1.807, 2.05) is 0 Å². The molecule has 1 amide bonds. The zero-order valence-electron chi connectivity index (χ0n) is 9.66. The smallest absolute Gasteiger partial charge is 0.287 e. The van der Waals surface area contributed by atoms with Gasteiger partial charge in [-0.2, -0.15) is 0 Å². The first kappa shape index (κ1) is 14.0. The highest BCUT2D eigenvalue weighted by atomic mass is 19.3. The maximum atomic E-state index is 13.0. The number of halogens is 4. The molecule has 0 aliphatic rings. The number of nitrogens with zero attached hydrogens (tertiary/aromatic N) is 1. The van der Waals surface area contributed by atoms with Crippen molar-refractivity contribution in [2.75, 3.05) is 0 Å². The van der Waals surface area contributed by atoms with Crippen molar-refractivity contribution >= 4 is 16.9 Å². The van der Waals surface area contributed by atoms with Crippen molar-refractivity contribution in [3.63, 3.8) is 0 Å². The number of hydrogen-bond donors (Lipinski definition) is 2. The maximum absolute atomic E-state index is 13.0. The fourth-order valence-electron chi connectivity index (χ4n) is 1.51. The summed E-state index contributed by atoms with van der Waals surface area (Å²) in [5, 5.41) is 1.08. The van der Waals surface area contributed by atoms with Gasteiger partial charge in [-0.25, -0.2) is 22.5 Å². The van der Waals surface area contributed by atoms with Crippen molar-refractivity contribution in [2.24, 2.45) is 0 Å². The predicted octanol–water partition coefficient (Wildman–Crippen LogP) is 1.35. The van der Waals surface area contributed by atoms with Crippen LogP contribution in [-0.4, -0.2) is 28.6 Å². The Labute approximate surface area is 108 Å². The lowest BCUT2D eigenvalue weighted by atomic mass is 10.2. The van der Waals surface area contributed by atoms with Gasteiger partial charge < -0.3 is 10.3 Å². The van der Waals surface area contributed by atoms with E-state index in [-0.39, 0.29) is 11.0 Å². The second-order valence-electron chi connectivity index (χ2n) is 3.79. The van der Waals surface area contributed by atoms with Crippen LogP contribution in [0.5, 0.6) is 0 Å². The summed E-state index contributed by atoms with van der Waals surface area (Å²) in [5.74, 6) is -2.14. The molecular weight excluding hydrogens is 282 g/mol. The van der Waals surface area contributed by atoms with Crippen LogP contribution in [0.25, 0.3) is 11.0 Å². The van der Waals surface area contributed by atoms with E-state index in [0.717, 1.165) is 18.5 Å². The Kier molecular flexibility index (Phi) is 3.68. The highest BCUT2D eigenvalue weighted by molar-refractivity contribution is 5.96. The summed E-state index contributed by atoms with van der Waals surface area (Å²) in [6, 6.07) is 0.831. The van der Waals surface area contributed by atoms with E-state index in [9.17, 15) is 27.2 Å². The summed E-state index contributed by atoms with van der Waals surface area (Å²) in [6.45, 7) is 0. The molecule has 9 heteroatoms. The average Bonchev–Trinajstić information content (AvgIpc) is 2.39.